The van der Waals surface area contributed by atoms with Crippen LogP contribution in [0.5, 0.6) is 0 Å². The molecule has 6 nitrogen and oxygen atoms in total. The molecule has 0 saturated carbocycles. The van der Waals surface area contributed by atoms with Crippen LogP contribution in [0.1, 0.15) is 303 Å². The summed E-state index contributed by atoms with van der Waals surface area (Å²) in [6, 6.07) is 0. The standard InChI is InChI=1S/C55H104O6/c1-4-7-10-13-15-17-19-21-23-25-26-27-28-30-31-33-35-37-39-42-45-48-54(57)60-51-52(50-59-53(56)47-44-41-12-9-6-3)61-55(58)49-46-43-40-38-36-34-32-29-24-22-20-18-16-14-11-8-5-2/h25-26,52H,4-24,27-51H2,1-3H3/b26-25-. The van der Waals surface area contributed by atoms with Crippen LogP contribution in [0.25, 0.3) is 0 Å². The van der Waals surface area contributed by atoms with E-state index in [-0.39, 0.29) is 31.1 Å². The van der Waals surface area contributed by atoms with Gasteiger partial charge in [0.15, 0.2) is 6.10 Å². The van der Waals surface area contributed by atoms with Crippen molar-refractivity contribution in [3.63, 3.8) is 0 Å². The van der Waals surface area contributed by atoms with E-state index in [0.29, 0.717) is 19.3 Å². The van der Waals surface area contributed by atoms with Crippen molar-refractivity contribution in [2.75, 3.05) is 13.2 Å². The van der Waals surface area contributed by atoms with E-state index in [0.717, 1.165) is 64.2 Å². The van der Waals surface area contributed by atoms with Crippen LogP contribution in [0.15, 0.2) is 12.2 Å². The highest BCUT2D eigenvalue weighted by molar-refractivity contribution is 5.71. The summed E-state index contributed by atoms with van der Waals surface area (Å²) in [6.45, 7) is 6.60. The van der Waals surface area contributed by atoms with Crippen molar-refractivity contribution < 1.29 is 28.6 Å². The van der Waals surface area contributed by atoms with E-state index in [4.69, 9.17) is 14.2 Å². The third-order valence-electron chi connectivity index (χ3n) is 12.3. The molecule has 0 aromatic carbocycles. The Balaban J connectivity index is 4.08. The van der Waals surface area contributed by atoms with Gasteiger partial charge in [-0.2, -0.15) is 0 Å². The second kappa shape index (κ2) is 50.8. The van der Waals surface area contributed by atoms with Gasteiger partial charge in [0, 0.05) is 19.3 Å². The van der Waals surface area contributed by atoms with Gasteiger partial charge in [0.2, 0.25) is 0 Å². The maximum atomic E-state index is 12.7. The Morgan fingerprint density at radius 2 is 0.541 bits per heavy atom. The third kappa shape index (κ3) is 49.0. The second-order valence-electron chi connectivity index (χ2n) is 18.5. The van der Waals surface area contributed by atoms with Crippen LogP contribution in [0, 0.1) is 0 Å². The zero-order valence-corrected chi connectivity index (χ0v) is 41.2. The topological polar surface area (TPSA) is 78.9 Å². The Morgan fingerprint density at radius 3 is 0.820 bits per heavy atom. The molecular weight excluding hydrogens is 757 g/mol. The molecule has 0 aromatic heterocycles. The number of carbonyl (C=O) groups excluding carboxylic acids is 3. The largest absolute Gasteiger partial charge is 0.462 e. The number of carbonyl (C=O) groups is 3. The van der Waals surface area contributed by atoms with Crippen LogP contribution in [0.2, 0.25) is 0 Å². The van der Waals surface area contributed by atoms with Crippen LogP contribution in [-0.4, -0.2) is 37.2 Å². The number of rotatable bonds is 50. The highest BCUT2D eigenvalue weighted by atomic mass is 16.6. The van der Waals surface area contributed by atoms with Crippen molar-refractivity contribution in [2.24, 2.45) is 0 Å². The fourth-order valence-electron chi connectivity index (χ4n) is 8.14. The molecule has 0 rings (SSSR count). The maximum absolute atomic E-state index is 12.7. The minimum atomic E-state index is -0.762. The molecule has 0 radical (unpaired) electrons. The predicted octanol–water partition coefficient (Wildman–Crippen LogP) is 17.8. The summed E-state index contributed by atoms with van der Waals surface area (Å²) in [5.41, 5.74) is 0. The highest BCUT2D eigenvalue weighted by Gasteiger charge is 2.19. The minimum absolute atomic E-state index is 0.0670. The SMILES string of the molecule is CCCCCCCCCC/C=C\CCCCCCCCCCCC(=O)OCC(COC(=O)CCCCCCC)OC(=O)CCCCCCCCCCCCCCCCCCC. The van der Waals surface area contributed by atoms with Gasteiger partial charge in [0.1, 0.15) is 13.2 Å². The molecule has 0 amide bonds. The zero-order valence-electron chi connectivity index (χ0n) is 41.2. The lowest BCUT2D eigenvalue weighted by molar-refractivity contribution is -0.167. The fraction of sp³-hybridized carbons (Fsp3) is 0.909. The van der Waals surface area contributed by atoms with Crippen molar-refractivity contribution in [3.8, 4) is 0 Å². The van der Waals surface area contributed by atoms with Gasteiger partial charge in [-0.3, -0.25) is 14.4 Å². The molecular formula is C55H104O6. The molecule has 0 aliphatic rings. The lowest BCUT2D eigenvalue weighted by Crippen LogP contribution is -2.30. The van der Waals surface area contributed by atoms with Gasteiger partial charge >= 0.3 is 17.9 Å². The molecule has 0 aliphatic heterocycles. The zero-order chi connectivity index (χ0) is 44.4. The Hall–Kier alpha value is -1.85. The van der Waals surface area contributed by atoms with E-state index in [1.165, 1.54) is 199 Å². The van der Waals surface area contributed by atoms with Gasteiger partial charge in [-0.25, -0.2) is 0 Å². The summed E-state index contributed by atoms with van der Waals surface area (Å²) < 4.78 is 16.7. The van der Waals surface area contributed by atoms with Gasteiger partial charge < -0.3 is 14.2 Å². The molecule has 6 heteroatoms. The molecule has 1 unspecified atom stereocenters. The van der Waals surface area contributed by atoms with Crippen molar-refractivity contribution in [2.45, 2.75) is 309 Å². The van der Waals surface area contributed by atoms with E-state index in [1.54, 1.807) is 0 Å². The Morgan fingerprint density at radius 1 is 0.311 bits per heavy atom. The molecule has 0 fully saturated rings. The quantitative estimate of drug-likeness (QED) is 0.0262. The monoisotopic (exact) mass is 861 g/mol. The molecule has 0 aromatic rings. The van der Waals surface area contributed by atoms with E-state index < -0.39 is 6.10 Å². The van der Waals surface area contributed by atoms with E-state index in [1.807, 2.05) is 0 Å². The number of hydrogen-bond donors (Lipinski definition) is 0. The van der Waals surface area contributed by atoms with E-state index in [2.05, 4.69) is 32.9 Å². The Labute approximate surface area is 380 Å². The number of esters is 3. The molecule has 0 N–H and O–H groups in total. The first-order chi connectivity index (χ1) is 30.0. The first-order valence-electron chi connectivity index (χ1n) is 27.2. The number of allylic oxidation sites excluding steroid dienone is 2. The molecule has 0 aliphatic carbocycles. The highest BCUT2D eigenvalue weighted by Crippen LogP contribution is 2.17. The summed E-state index contributed by atoms with van der Waals surface area (Å²) in [7, 11) is 0. The molecule has 61 heavy (non-hydrogen) atoms. The molecule has 0 spiro atoms. The second-order valence-corrected chi connectivity index (χ2v) is 18.5. The number of hydrogen-bond acceptors (Lipinski definition) is 6. The predicted molar refractivity (Wildman–Crippen MR) is 261 cm³/mol. The van der Waals surface area contributed by atoms with E-state index >= 15 is 0 Å². The Bertz CT molecular complexity index is 947. The van der Waals surface area contributed by atoms with Gasteiger partial charge in [0.05, 0.1) is 0 Å². The average molecular weight is 861 g/mol. The van der Waals surface area contributed by atoms with Crippen LogP contribution in [0.4, 0.5) is 0 Å². The van der Waals surface area contributed by atoms with E-state index in [9.17, 15) is 14.4 Å². The normalized spacial score (nSPS) is 12.0. The lowest BCUT2D eigenvalue weighted by Gasteiger charge is -2.18. The summed E-state index contributed by atoms with van der Waals surface area (Å²) in [5.74, 6) is -0.865. The van der Waals surface area contributed by atoms with Gasteiger partial charge in [-0.15, -0.1) is 0 Å². The van der Waals surface area contributed by atoms with Gasteiger partial charge in [-0.05, 0) is 44.9 Å². The van der Waals surface area contributed by atoms with Crippen LogP contribution in [0.3, 0.4) is 0 Å². The molecule has 1 atom stereocenters. The first kappa shape index (κ1) is 59.1. The summed E-state index contributed by atoms with van der Waals surface area (Å²) in [4.78, 5) is 37.7. The summed E-state index contributed by atoms with van der Waals surface area (Å²) in [6.07, 6.45) is 56.7. The molecule has 0 bridgehead atoms. The molecule has 360 valence electrons. The number of ether oxygens (including phenoxy) is 3. The lowest BCUT2D eigenvalue weighted by atomic mass is 10.0. The first-order valence-corrected chi connectivity index (χ1v) is 27.2. The third-order valence-corrected chi connectivity index (χ3v) is 12.3. The van der Waals surface area contributed by atoms with Gasteiger partial charge in [0.25, 0.3) is 0 Å². The van der Waals surface area contributed by atoms with Crippen molar-refractivity contribution in [1.29, 1.82) is 0 Å². The van der Waals surface area contributed by atoms with Crippen LogP contribution < -0.4 is 0 Å². The molecule has 0 heterocycles. The van der Waals surface area contributed by atoms with Crippen LogP contribution >= 0.6 is 0 Å². The van der Waals surface area contributed by atoms with Crippen molar-refractivity contribution >= 4 is 17.9 Å². The van der Waals surface area contributed by atoms with Crippen molar-refractivity contribution in [3.05, 3.63) is 12.2 Å². The number of unbranched alkanes of at least 4 members (excludes halogenated alkanes) is 37. The Kier molecular flexibility index (Phi) is 49.3. The minimum Gasteiger partial charge on any atom is -0.462 e. The molecule has 0 saturated heterocycles. The summed E-state index contributed by atoms with van der Waals surface area (Å²) >= 11 is 0. The smallest absolute Gasteiger partial charge is 0.306 e. The fourth-order valence-corrected chi connectivity index (χ4v) is 8.14. The van der Waals surface area contributed by atoms with Gasteiger partial charge in [-0.1, -0.05) is 251 Å². The van der Waals surface area contributed by atoms with Crippen LogP contribution in [-0.2, 0) is 28.6 Å². The average Bonchev–Trinajstić information content (AvgIpc) is 3.26. The maximum Gasteiger partial charge on any atom is 0.306 e. The van der Waals surface area contributed by atoms with Crippen molar-refractivity contribution in [1.82, 2.24) is 0 Å². The summed E-state index contributed by atoms with van der Waals surface area (Å²) in [5, 5.41) is 0.